The smallest absolute Gasteiger partial charge is 0.270 e. The third-order valence-corrected chi connectivity index (χ3v) is 4.66. The van der Waals surface area contributed by atoms with Gasteiger partial charge in [-0.15, -0.1) is 0 Å². The van der Waals surface area contributed by atoms with Crippen molar-refractivity contribution >= 4 is 16.8 Å². The Morgan fingerprint density at radius 1 is 1.33 bits per heavy atom. The SMILES string of the molecule is COc1ccccc1C1CCCN1C(=O)c1cc2cnccc2[nH]1. The van der Waals surface area contributed by atoms with Crippen molar-refractivity contribution in [1.82, 2.24) is 14.9 Å². The number of hydrogen-bond donors (Lipinski definition) is 1. The van der Waals surface area contributed by atoms with E-state index in [-0.39, 0.29) is 11.9 Å². The number of benzene rings is 1. The maximum Gasteiger partial charge on any atom is 0.270 e. The van der Waals surface area contributed by atoms with E-state index in [4.69, 9.17) is 4.74 Å². The summed E-state index contributed by atoms with van der Waals surface area (Å²) in [6.45, 7) is 0.759. The lowest BCUT2D eigenvalue weighted by molar-refractivity contribution is 0.0729. The Kier molecular flexibility index (Phi) is 3.69. The van der Waals surface area contributed by atoms with E-state index in [1.54, 1.807) is 19.5 Å². The first-order valence-corrected chi connectivity index (χ1v) is 8.14. The van der Waals surface area contributed by atoms with Crippen LogP contribution in [0.25, 0.3) is 10.9 Å². The summed E-state index contributed by atoms with van der Waals surface area (Å²) >= 11 is 0. The first kappa shape index (κ1) is 14.8. The number of nitrogens with zero attached hydrogens (tertiary/aromatic N) is 2. The summed E-state index contributed by atoms with van der Waals surface area (Å²) in [5, 5.41) is 0.953. The van der Waals surface area contributed by atoms with Crippen LogP contribution in [0.2, 0.25) is 0 Å². The largest absolute Gasteiger partial charge is 0.496 e. The van der Waals surface area contributed by atoms with Gasteiger partial charge in [0.2, 0.25) is 0 Å². The molecule has 1 N–H and O–H groups in total. The fourth-order valence-corrected chi connectivity index (χ4v) is 3.52. The second-order valence-electron chi connectivity index (χ2n) is 6.04. The molecular formula is C19H19N3O2. The predicted octanol–water partition coefficient (Wildman–Crippen LogP) is 3.55. The first-order chi connectivity index (χ1) is 11.8. The zero-order valence-electron chi connectivity index (χ0n) is 13.5. The Hall–Kier alpha value is -2.82. The van der Waals surface area contributed by atoms with E-state index in [0.29, 0.717) is 5.69 Å². The molecule has 4 rings (SSSR count). The van der Waals surface area contributed by atoms with Crippen molar-refractivity contribution in [3.05, 3.63) is 60.0 Å². The highest BCUT2D eigenvalue weighted by Crippen LogP contribution is 2.37. The van der Waals surface area contributed by atoms with Gasteiger partial charge in [0.1, 0.15) is 11.4 Å². The number of fused-ring (bicyclic) bond motifs is 1. The molecule has 0 bridgehead atoms. The summed E-state index contributed by atoms with van der Waals surface area (Å²) < 4.78 is 5.49. The lowest BCUT2D eigenvalue weighted by Gasteiger charge is -2.26. The van der Waals surface area contributed by atoms with Crippen LogP contribution in [0, 0.1) is 0 Å². The second kappa shape index (κ2) is 6.00. The van der Waals surface area contributed by atoms with Gasteiger partial charge in [-0.05, 0) is 31.0 Å². The van der Waals surface area contributed by atoms with Gasteiger partial charge in [-0.3, -0.25) is 9.78 Å². The Morgan fingerprint density at radius 2 is 2.21 bits per heavy atom. The van der Waals surface area contributed by atoms with Crippen LogP contribution in [0.1, 0.15) is 34.9 Å². The fourth-order valence-electron chi connectivity index (χ4n) is 3.52. The number of amides is 1. The highest BCUT2D eigenvalue weighted by molar-refractivity contribution is 5.98. The van der Waals surface area contributed by atoms with Crippen LogP contribution in [-0.2, 0) is 0 Å². The topological polar surface area (TPSA) is 58.2 Å². The molecule has 122 valence electrons. The number of H-pyrrole nitrogens is 1. The van der Waals surface area contributed by atoms with Gasteiger partial charge in [0.05, 0.1) is 13.2 Å². The molecule has 0 radical (unpaired) electrons. The van der Waals surface area contributed by atoms with Crippen molar-refractivity contribution in [3.63, 3.8) is 0 Å². The Balaban J connectivity index is 1.68. The zero-order chi connectivity index (χ0) is 16.5. The molecule has 1 aliphatic rings. The molecule has 2 aromatic heterocycles. The molecule has 1 amide bonds. The zero-order valence-corrected chi connectivity index (χ0v) is 13.5. The standard InChI is InChI=1S/C19H19N3O2/c1-24-18-7-3-2-5-14(18)17-6-4-10-22(17)19(23)16-11-13-12-20-9-8-15(13)21-16/h2-3,5,7-9,11-12,17,21H,4,6,10H2,1H3. The van der Waals surface area contributed by atoms with Crippen LogP contribution in [0.3, 0.4) is 0 Å². The van der Waals surface area contributed by atoms with Crippen molar-refractivity contribution in [3.8, 4) is 5.75 Å². The second-order valence-corrected chi connectivity index (χ2v) is 6.04. The number of nitrogens with one attached hydrogen (secondary N) is 1. The van der Waals surface area contributed by atoms with Crippen LogP contribution in [0.5, 0.6) is 5.75 Å². The molecule has 0 spiro atoms. The number of aromatic nitrogens is 2. The molecular weight excluding hydrogens is 302 g/mol. The van der Waals surface area contributed by atoms with E-state index in [9.17, 15) is 4.79 Å². The quantitative estimate of drug-likeness (QED) is 0.802. The number of likely N-dealkylation sites (tertiary alicyclic amines) is 1. The normalized spacial score (nSPS) is 17.4. The van der Waals surface area contributed by atoms with E-state index < -0.39 is 0 Å². The van der Waals surface area contributed by atoms with Crippen molar-refractivity contribution < 1.29 is 9.53 Å². The molecule has 3 heterocycles. The molecule has 1 atom stereocenters. The third kappa shape index (κ3) is 2.42. The van der Waals surface area contributed by atoms with E-state index in [1.807, 2.05) is 41.3 Å². The highest BCUT2D eigenvalue weighted by Gasteiger charge is 2.32. The van der Waals surface area contributed by atoms with Gasteiger partial charge < -0.3 is 14.6 Å². The number of ether oxygens (including phenoxy) is 1. The van der Waals surface area contributed by atoms with Gasteiger partial charge in [-0.2, -0.15) is 0 Å². The van der Waals surface area contributed by atoms with Gasteiger partial charge in [0, 0.05) is 35.4 Å². The van der Waals surface area contributed by atoms with Gasteiger partial charge in [-0.1, -0.05) is 18.2 Å². The maximum atomic E-state index is 13.0. The number of hydrogen-bond acceptors (Lipinski definition) is 3. The lowest BCUT2D eigenvalue weighted by atomic mass is 10.0. The summed E-state index contributed by atoms with van der Waals surface area (Å²) in [6, 6.07) is 11.8. The summed E-state index contributed by atoms with van der Waals surface area (Å²) in [4.78, 5) is 22.3. The lowest BCUT2D eigenvalue weighted by Crippen LogP contribution is -2.31. The molecule has 5 heteroatoms. The molecule has 0 saturated carbocycles. The molecule has 1 unspecified atom stereocenters. The van der Waals surface area contributed by atoms with Gasteiger partial charge in [0.15, 0.2) is 0 Å². The molecule has 5 nitrogen and oxygen atoms in total. The number of aromatic amines is 1. The van der Waals surface area contributed by atoms with Gasteiger partial charge >= 0.3 is 0 Å². The Morgan fingerprint density at radius 3 is 3.04 bits per heavy atom. The number of para-hydroxylation sites is 1. The average molecular weight is 321 g/mol. The van der Waals surface area contributed by atoms with Crippen LogP contribution < -0.4 is 4.74 Å². The number of methoxy groups -OCH3 is 1. The van der Waals surface area contributed by atoms with Gasteiger partial charge in [0.25, 0.3) is 5.91 Å². The number of carbonyl (C=O) groups excluding carboxylic acids is 1. The summed E-state index contributed by atoms with van der Waals surface area (Å²) in [5.41, 5.74) is 2.62. The van der Waals surface area contributed by atoms with E-state index >= 15 is 0 Å². The first-order valence-electron chi connectivity index (χ1n) is 8.14. The van der Waals surface area contributed by atoms with Crippen molar-refractivity contribution in [1.29, 1.82) is 0 Å². The average Bonchev–Trinajstić information content (AvgIpc) is 3.27. The minimum Gasteiger partial charge on any atom is -0.496 e. The molecule has 0 aliphatic carbocycles. The molecule has 3 aromatic rings. The van der Waals surface area contributed by atoms with E-state index in [2.05, 4.69) is 9.97 Å². The number of pyridine rings is 1. The molecule has 1 fully saturated rings. The molecule has 1 saturated heterocycles. The van der Waals surface area contributed by atoms with Gasteiger partial charge in [-0.25, -0.2) is 0 Å². The summed E-state index contributed by atoms with van der Waals surface area (Å²) in [7, 11) is 1.67. The van der Waals surface area contributed by atoms with Crippen LogP contribution in [0.15, 0.2) is 48.8 Å². The third-order valence-electron chi connectivity index (χ3n) is 4.66. The number of carbonyl (C=O) groups is 1. The molecule has 24 heavy (non-hydrogen) atoms. The monoisotopic (exact) mass is 321 g/mol. The van der Waals surface area contributed by atoms with Crippen LogP contribution in [0.4, 0.5) is 0 Å². The minimum atomic E-state index is 0.0274. The van der Waals surface area contributed by atoms with Crippen LogP contribution in [-0.4, -0.2) is 34.4 Å². The Labute approximate surface area is 140 Å². The molecule has 1 aliphatic heterocycles. The minimum absolute atomic E-state index is 0.0274. The van der Waals surface area contributed by atoms with E-state index in [0.717, 1.165) is 41.6 Å². The predicted molar refractivity (Wildman–Crippen MR) is 92.1 cm³/mol. The van der Waals surface area contributed by atoms with Crippen molar-refractivity contribution in [2.24, 2.45) is 0 Å². The van der Waals surface area contributed by atoms with Crippen molar-refractivity contribution in [2.75, 3.05) is 13.7 Å². The van der Waals surface area contributed by atoms with Crippen molar-refractivity contribution in [2.45, 2.75) is 18.9 Å². The van der Waals surface area contributed by atoms with E-state index in [1.165, 1.54) is 0 Å². The maximum absolute atomic E-state index is 13.0. The number of rotatable bonds is 3. The Bertz CT molecular complexity index is 854. The fraction of sp³-hybridized carbons (Fsp3) is 0.263. The summed E-state index contributed by atoms with van der Waals surface area (Å²) in [6.07, 6.45) is 5.44. The highest BCUT2D eigenvalue weighted by atomic mass is 16.5. The molecule has 1 aromatic carbocycles. The summed E-state index contributed by atoms with van der Waals surface area (Å²) in [5.74, 6) is 0.864. The van der Waals surface area contributed by atoms with Crippen LogP contribution >= 0.6 is 0 Å².